The third-order valence-corrected chi connectivity index (χ3v) is 3.64. The predicted molar refractivity (Wildman–Crippen MR) is 73.1 cm³/mol. The number of hydrogen-bond donors (Lipinski definition) is 2. The largest absolute Gasteiger partial charge is 0.399 e. The van der Waals surface area contributed by atoms with Crippen molar-refractivity contribution in [1.82, 2.24) is 10.3 Å². The SMILES string of the molecule is Cc1c(N)cccc1CNCCc1nccs1. The summed E-state index contributed by atoms with van der Waals surface area (Å²) < 4.78 is 0. The topological polar surface area (TPSA) is 50.9 Å². The number of aromatic nitrogens is 1. The zero-order valence-electron chi connectivity index (χ0n) is 9.94. The average molecular weight is 247 g/mol. The summed E-state index contributed by atoms with van der Waals surface area (Å²) in [6.45, 7) is 3.87. The van der Waals surface area contributed by atoms with Gasteiger partial charge in [0.2, 0.25) is 0 Å². The van der Waals surface area contributed by atoms with Gasteiger partial charge in [0.1, 0.15) is 0 Å². The van der Waals surface area contributed by atoms with Crippen molar-refractivity contribution in [1.29, 1.82) is 0 Å². The van der Waals surface area contributed by atoms with Crippen LogP contribution in [-0.2, 0) is 13.0 Å². The van der Waals surface area contributed by atoms with Gasteiger partial charge in [-0.05, 0) is 24.1 Å². The zero-order valence-corrected chi connectivity index (χ0v) is 10.8. The van der Waals surface area contributed by atoms with Crippen molar-refractivity contribution >= 4 is 17.0 Å². The molecular weight excluding hydrogens is 230 g/mol. The Labute approximate surface area is 106 Å². The van der Waals surface area contributed by atoms with Crippen LogP contribution in [0.2, 0.25) is 0 Å². The normalized spacial score (nSPS) is 10.6. The van der Waals surface area contributed by atoms with Crippen molar-refractivity contribution in [3.8, 4) is 0 Å². The van der Waals surface area contributed by atoms with E-state index >= 15 is 0 Å². The minimum absolute atomic E-state index is 0.863. The summed E-state index contributed by atoms with van der Waals surface area (Å²) in [7, 11) is 0. The fourth-order valence-electron chi connectivity index (χ4n) is 1.69. The molecule has 0 bridgehead atoms. The maximum atomic E-state index is 5.87. The summed E-state index contributed by atoms with van der Waals surface area (Å²) in [6, 6.07) is 6.05. The van der Waals surface area contributed by atoms with E-state index < -0.39 is 0 Å². The summed E-state index contributed by atoms with van der Waals surface area (Å²) >= 11 is 1.70. The molecule has 0 aliphatic carbocycles. The molecular formula is C13H17N3S. The third kappa shape index (κ3) is 3.28. The average Bonchev–Trinajstić information content (AvgIpc) is 2.83. The van der Waals surface area contributed by atoms with Crippen LogP contribution in [0.4, 0.5) is 5.69 Å². The van der Waals surface area contributed by atoms with E-state index in [4.69, 9.17) is 5.73 Å². The fraction of sp³-hybridized carbons (Fsp3) is 0.308. The first-order valence-corrected chi connectivity index (χ1v) is 6.58. The van der Waals surface area contributed by atoms with E-state index in [1.807, 2.05) is 23.7 Å². The van der Waals surface area contributed by atoms with Crippen molar-refractivity contribution in [3.63, 3.8) is 0 Å². The van der Waals surface area contributed by atoms with Crippen LogP contribution in [0.15, 0.2) is 29.8 Å². The van der Waals surface area contributed by atoms with Gasteiger partial charge < -0.3 is 11.1 Å². The Bertz CT molecular complexity index is 466. The molecule has 3 nitrogen and oxygen atoms in total. The second-order valence-corrected chi connectivity index (χ2v) is 4.96. The molecule has 0 saturated heterocycles. The number of thiazole rings is 1. The van der Waals surface area contributed by atoms with Crippen molar-refractivity contribution in [2.75, 3.05) is 12.3 Å². The molecule has 0 aliphatic rings. The molecule has 4 heteroatoms. The van der Waals surface area contributed by atoms with Gasteiger partial charge >= 0.3 is 0 Å². The lowest BCUT2D eigenvalue weighted by molar-refractivity contribution is 0.683. The fourth-order valence-corrected chi connectivity index (χ4v) is 2.31. The molecule has 0 saturated carbocycles. The number of nitrogens with two attached hydrogens (primary N) is 1. The Morgan fingerprint density at radius 1 is 1.41 bits per heavy atom. The van der Waals surface area contributed by atoms with Gasteiger partial charge in [0.25, 0.3) is 0 Å². The molecule has 1 aromatic heterocycles. The summed E-state index contributed by atoms with van der Waals surface area (Å²) in [6.07, 6.45) is 2.83. The van der Waals surface area contributed by atoms with E-state index in [1.165, 1.54) is 16.1 Å². The van der Waals surface area contributed by atoms with Crippen LogP contribution >= 0.6 is 11.3 Å². The zero-order chi connectivity index (χ0) is 12.1. The standard InChI is InChI=1S/C13H17N3S/c1-10-11(3-2-4-12(10)14)9-15-6-5-13-16-7-8-17-13/h2-4,7-8,15H,5-6,9,14H2,1H3. The van der Waals surface area contributed by atoms with Gasteiger partial charge in [-0.2, -0.15) is 0 Å². The second kappa shape index (κ2) is 5.80. The van der Waals surface area contributed by atoms with Gasteiger partial charge in [-0.25, -0.2) is 4.98 Å². The van der Waals surface area contributed by atoms with Crippen molar-refractivity contribution in [2.45, 2.75) is 19.9 Å². The molecule has 17 heavy (non-hydrogen) atoms. The quantitative estimate of drug-likeness (QED) is 0.630. The maximum Gasteiger partial charge on any atom is 0.0937 e. The van der Waals surface area contributed by atoms with Crippen LogP contribution in [0.5, 0.6) is 0 Å². The summed E-state index contributed by atoms with van der Waals surface area (Å²) in [5.41, 5.74) is 9.17. The molecule has 0 radical (unpaired) electrons. The van der Waals surface area contributed by atoms with E-state index in [-0.39, 0.29) is 0 Å². The van der Waals surface area contributed by atoms with Crippen LogP contribution in [-0.4, -0.2) is 11.5 Å². The number of nitrogens with zero attached hydrogens (tertiary/aromatic N) is 1. The molecule has 3 N–H and O–H groups in total. The molecule has 0 aliphatic heterocycles. The van der Waals surface area contributed by atoms with Crippen molar-refractivity contribution in [3.05, 3.63) is 45.9 Å². The number of benzene rings is 1. The summed E-state index contributed by atoms with van der Waals surface area (Å²) in [5.74, 6) is 0. The number of rotatable bonds is 5. The Kier molecular flexibility index (Phi) is 4.12. The Hall–Kier alpha value is -1.39. The lowest BCUT2D eigenvalue weighted by Gasteiger charge is -2.09. The van der Waals surface area contributed by atoms with Crippen LogP contribution in [0.3, 0.4) is 0 Å². The molecule has 1 aromatic carbocycles. The Balaban J connectivity index is 1.80. The highest BCUT2D eigenvalue weighted by atomic mass is 32.1. The van der Waals surface area contributed by atoms with Gasteiger partial charge in [-0.15, -0.1) is 11.3 Å². The van der Waals surface area contributed by atoms with Crippen molar-refractivity contribution in [2.24, 2.45) is 0 Å². The number of hydrogen-bond acceptors (Lipinski definition) is 4. The van der Waals surface area contributed by atoms with E-state index in [0.717, 1.165) is 25.2 Å². The molecule has 0 amide bonds. The van der Waals surface area contributed by atoms with Gasteiger partial charge in [0, 0.05) is 36.8 Å². The van der Waals surface area contributed by atoms with Gasteiger partial charge in [0.05, 0.1) is 5.01 Å². The van der Waals surface area contributed by atoms with Gasteiger partial charge in [-0.3, -0.25) is 0 Å². The minimum Gasteiger partial charge on any atom is -0.399 e. The van der Waals surface area contributed by atoms with E-state index in [0.29, 0.717) is 0 Å². The highest BCUT2D eigenvalue weighted by Gasteiger charge is 2.01. The maximum absolute atomic E-state index is 5.87. The number of nitrogens with one attached hydrogen (secondary N) is 1. The van der Waals surface area contributed by atoms with E-state index in [1.54, 1.807) is 11.3 Å². The predicted octanol–water partition coefficient (Wildman–Crippen LogP) is 2.37. The Morgan fingerprint density at radius 3 is 3.06 bits per heavy atom. The third-order valence-electron chi connectivity index (χ3n) is 2.80. The molecule has 0 fully saturated rings. The molecule has 1 heterocycles. The van der Waals surface area contributed by atoms with E-state index in [9.17, 15) is 0 Å². The highest BCUT2D eigenvalue weighted by molar-refractivity contribution is 7.09. The first-order valence-electron chi connectivity index (χ1n) is 5.70. The monoisotopic (exact) mass is 247 g/mol. The van der Waals surface area contributed by atoms with Crippen LogP contribution in [0, 0.1) is 6.92 Å². The molecule has 0 spiro atoms. The lowest BCUT2D eigenvalue weighted by Crippen LogP contribution is -2.17. The number of anilines is 1. The van der Waals surface area contributed by atoms with Gasteiger partial charge in [0.15, 0.2) is 0 Å². The molecule has 90 valence electrons. The van der Waals surface area contributed by atoms with Gasteiger partial charge in [-0.1, -0.05) is 12.1 Å². The second-order valence-electron chi connectivity index (χ2n) is 3.98. The summed E-state index contributed by atoms with van der Waals surface area (Å²) in [4.78, 5) is 4.25. The van der Waals surface area contributed by atoms with E-state index in [2.05, 4.69) is 23.3 Å². The molecule has 0 unspecified atom stereocenters. The molecule has 2 rings (SSSR count). The smallest absolute Gasteiger partial charge is 0.0937 e. The summed E-state index contributed by atoms with van der Waals surface area (Å²) in [5, 5.41) is 6.61. The molecule has 2 aromatic rings. The van der Waals surface area contributed by atoms with Crippen LogP contribution in [0.25, 0.3) is 0 Å². The first kappa shape index (κ1) is 12.1. The molecule has 0 atom stereocenters. The minimum atomic E-state index is 0.863. The van der Waals surface area contributed by atoms with Crippen LogP contribution in [0.1, 0.15) is 16.1 Å². The van der Waals surface area contributed by atoms with Crippen LogP contribution < -0.4 is 11.1 Å². The Morgan fingerprint density at radius 2 is 2.29 bits per heavy atom. The first-order chi connectivity index (χ1) is 8.27. The highest BCUT2D eigenvalue weighted by Crippen LogP contribution is 2.15. The van der Waals surface area contributed by atoms with Crippen molar-refractivity contribution < 1.29 is 0 Å². The number of nitrogen functional groups attached to an aromatic ring is 1. The lowest BCUT2D eigenvalue weighted by atomic mass is 10.1.